The fourth-order valence-corrected chi connectivity index (χ4v) is 5.91. The molecule has 0 spiro atoms. The summed E-state index contributed by atoms with van der Waals surface area (Å²) in [6, 6.07) is 11.1. The van der Waals surface area contributed by atoms with E-state index in [0.29, 0.717) is 45.7 Å². The molecule has 0 aliphatic heterocycles. The van der Waals surface area contributed by atoms with E-state index in [1.807, 2.05) is 6.92 Å². The predicted molar refractivity (Wildman–Crippen MR) is 161 cm³/mol. The molecule has 2 amide bonds. The Morgan fingerprint density at radius 3 is 2.62 bits per heavy atom. The molecule has 0 saturated carbocycles. The monoisotopic (exact) mass is 593 g/mol. The molecule has 1 aliphatic carbocycles. The van der Waals surface area contributed by atoms with Crippen LogP contribution < -0.4 is 20.2 Å². The number of phenolic OH excluding ortho intramolecular Hbond substituents is 1. The van der Waals surface area contributed by atoms with E-state index >= 15 is 0 Å². The standard InChI is InChI=1S/C31H35N3O7S/c1-5-39-25-16-20(8-14-24(25)35)17-32-34-28(36)19(4)41-22-11-9-21(10-12-22)29(37)33-30-27(31(38)40-6-2)23-13-7-18(3)15-26(23)42-30/h8-12,14,16-19,35H,5-7,13,15H2,1-4H3,(H,33,37)(H,34,36)/b32-17+/t18-,19-/m1/s1. The number of thiophene rings is 1. The number of esters is 1. The highest BCUT2D eigenvalue weighted by atomic mass is 32.1. The first-order chi connectivity index (χ1) is 20.2. The first-order valence-electron chi connectivity index (χ1n) is 13.9. The summed E-state index contributed by atoms with van der Waals surface area (Å²) < 4.78 is 16.3. The number of nitrogens with zero attached hydrogens (tertiary/aromatic N) is 1. The molecule has 0 fully saturated rings. The minimum atomic E-state index is -0.868. The van der Waals surface area contributed by atoms with Crippen molar-refractivity contribution in [2.75, 3.05) is 18.5 Å². The molecule has 2 aromatic carbocycles. The SMILES string of the molecule is CCOC(=O)c1c(NC(=O)c2ccc(O[C@H](C)C(=O)N/N=C/c3ccc(O)c(OCC)c3)cc2)sc2c1CC[C@@H](C)C2. The van der Waals surface area contributed by atoms with Crippen molar-refractivity contribution >= 4 is 40.3 Å². The van der Waals surface area contributed by atoms with Crippen LogP contribution in [0.25, 0.3) is 0 Å². The van der Waals surface area contributed by atoms with Crippen molar-refractivity contribution in [1.82, 2.24) is 5.43 Å². The van der Waals surface area contributed by atoms with Crippen molar-refractivity contribution in [3.05, 3.63) is 69.6 Å². The number of phenols is 1. The molecule has 3 N–H and O–H groups in total. The summed E-state index contributed by atoms with van der Waals surface area (Å²) in [6.07, 6.45) is 3.20. The first kappa shape index (κ1) is 30.6. The Balaban J connectivity index is 1.36. The Morgan fingerprint density at radius 2 is 1.90 bits per heavy atom. The maximum Gasteiger partial charge on any atom is 0.341 e. The molecule has 0 bridgehead atoms. The third-order valence-corrected chi connectivity index (χ3v) is 7.86. The molecule has 222 valence electrons. The summed E-state index contributed by atoms with van der Waals surface area (Å²) in [5.74, 6) is 0.00565. The number of carbonyl (C=O) groups excluding carboxylic acids is 3. The van der Waals surface area contributed by atoms with Gasteiger partial charge in [-0.05, 0) is 99.5 Å². The zero-order valence-electron chi connectivity index (χ0n) is 24.1. The molecular formula is C31H35N3O7S. The predicted octanol–water partition coefficient (Wildman–Crippen LogP) is 5.32. The quantitative estimate of drug-likeness (QED) is 0.155. The highest BCUT2D eigenvalue weighted by molar-refractivity contribution is 7.17. The summed E-state index contributed by atoms with van der Waals surface area (Å²) in [6.45, 7) is 7.99. The summed E-state index contributed by atoms with van der Waals surface area (Å²) in [7, 11) is 0. The van der Waals surface area contributed by atoms with Gasteiger partial charge in [-0.3, -0.25) is 9.59 Å². The maximum atomic E-state index is 13.1. The second-order valence-electron chi connectivity index (χ2n) is 9.91. The summed E-state index contributed by atoms with van der Waals surface area (Å²) in [5.41, 5.74) is 4.86. The normalized spacial score (nSPS) is 15.0. The van der Waals surface area contributed by atoms with Crippen LogP contribution >= 0.6 is 11.3 Å². The number of hydrazone groups is 1. The van der Waals surface area contributed by atoms with Gasteiger partial charge < -0.3 is 24.6 Å². The van der Waals surface area contributed by atoms with Crippen LogP contribution in [-0.2, 0) is 22.4 Å². The number of anilines is 1. The number of benzene rings is 2. The lowest BCUT2D eigenvalue weighted by molar-refractivity contribution is -0.127. The lowest BCUT2D eigenvalue weighted by atomic mass is 9.88. The molecule has 1 heterocycles. The highest BCUT2D eigenvalue weighted by Crippen LogP contribution is 2.40. The lowest BCUT2D eigenvalue weighted by Crippen LogP contribution is -2.33. The maximum absolute atomic E-state index is 13.1. The van der Waals surface area contributed by atoms with Gasteiger partial charge in [0.05, 0.1) is 25.0 Å². The van der Waals surface area contributed by atoms with Crippen LogP contribution in [0.15, 0.2) is 47.6 Å². The molecule has 0 unspecified atom stereocenters. The van der Waals surface area contributed by atoms with Crippen molar-refractivity contribution in [2.45, 2.75) is 53.1 Å². The highest BCUT2D eigenvalue weighted by Gasteiger charge is 2.29. The fourth-order valence-electron chi connectivity index (χ4n) is 4.52. The third kappa shape index (κ3) is 7.47. The van der Waals surface area contributed by atoms with Crippen molar-refractivity contribution in [1.29, 1.82) is 0 Å². The van der Waals surface area contributed by atoms with Crippen molar-refractivity contribution in [2.24, 2.45) is 11.0 Å². The molecule has 0 radical (unpaired) electrons. The van der Waals surface area contributed by atoms with Crippen LogP contribution in [0.4, 0.5) is 5.00 Å². The second-order valence-corrected chi connectivity index (χ2v) is 11.0. The smallest absolute Gasteiger partial charge is 0.341 e. The van der Waals surface area contributed by atoms with Crippen molar-refractivity contribution in [3.8, 4) is 17.2 Å². The number of amides is 2. The van der Waals surface area contributed by atoms with Gasteiger partial charge in [-0.15, -0.1) is 11.3 Å². The fraction of sp³-hybridized carbons (Fsp3) is 0.355. The second kappa shape index (κ2) is 14.0. The summed E-state index contributed by atoms with van der Waals surface area (Å²) in [5, 5.41) is 17.2. The minimum absolute atomic E-state index is 0.0184. The van der Waals surface area contributed by atoms with E-state index in [9.17, 15) is 19.5 Å². The Labute approximate surface area is 248 Å². The Morgan fingerprint density at radius 1 is 1.14 bits per heavy atom. The number of hydrogen-bond donors (Lipinski definition) is 3. The average molecular weight is 594 g/mol. The van der Waals surface area contributed by atoms with Gasteiger partial charge >= 0.3 is 5.97 Å². The van der Waals surface area contributed by atoms with Gasteiger partial charge in [0.2, 0.25) is 0 Å². The number of hydrogen-bond acceptors (Lipinski definition) is 9. The van der Waals surface area contributed by atoms with Gasteiger partial charge in [0, 0.05) is 10.4 Å². The van der Waals surface area contributed by atoms with E-state index in [1.165, 1.54) is 23.6 Å². The number of rotatable bonds is 11. The first-order valence-corrected chi connectivity index (χ1v) is 14.7. The zero-order valence-corrected chi connectivity index (χ0v) is 24.9. The number of ether oxygens (including phenoxy) is 3. The molecule has 3 aromatic rings. The van der Waals surface area contributed by atoms with Gasteiger partial charge in [0.1, 0.15) is 10.8 Å². The topological polar surface area (TPSA) is 136 Å². The van der Waals surface area contributed by atoms with E-state index < -0.39 is 18.0 Å². The Bertz CT molecular complexity index is 1470. The molecule has 2 atom stereocenters. The molecule has 1 aliphatic rings. The minimum Gasteiger partial charge on any atom is -0.504 e. The van der Waals surface area contributed by atoms with Crippen molar-refractivity contribution in [3.63, 3.8) is 0 Å². The molecular weight excluding hydrogens is 558 g/mol. The molecule has 10 nitrogen and oxygen atoms in total. The number of aromatic hydroxyl groups is 1. The largest absolute Gasteiger partial charge is 0.504 e. The molecule has 4 rings (SSSR count). The summed E-state index contributed by atoms with van der Waals surface area (Å²) >= 11 is 1.44. The Hall–Kier alpha value is -4.38. The molecule has 0 saturated heterocycles. The van der Waals surface area contributed by atoms with E-state index in [1.54, 1.807) is 50.2 Å². The van der Waals surface area contributed by atoms with Crippen molar-refractivity contribution < 1.29 is 33.7 Å². The number of nitrogens with one attached hydrogen (secondary N) is 2. The molecule has 42 heavy (non-hydrogen) atoms. The lowest BCUT2D eigenvalue weighted by Gasteiger charge is -2.18. The van der Waals surface area contributed by atoms with Crippen LogP contribution in [-0.4, -0.2) is 48.4 Å². The van der Waals surface area contributed by atoms with E-state index in [4.69, 9.17) is 14.2 Å². The van der Waals surface area contributed by atoms with Gasteiger partial charge in [0.25, 0.3) is 11.8 Å². The zero-order chi connectivity index (χ0) is 30.2. The molecule has 1 aromatic heterocycles. The van der Waals surface area contributed by atoms with Crippen LogP contribution in [0.3, 0.4) is 0 Å². The molecule has 11 heteroatoms. The summed E-state index contributed by atoms with van der Waals surface area (Å²) in [4.78, 5) is 39.4. The number of fused-ring (bicyclic) bond motifs is 1. The van der Waals surface area contributed by atoms with Crippen LogP contribution in [0.1, 0.15) is 70.8 Å². The van der Waals surface area contributed by atoms with Gasteiger partial charge in [-0.25, -0.2) is 10.2 Å². The van der Waals surface area contributed by atoms with Gasteiger partial charge in [-0.1, -0.05) is 6.92 Å². The van der Waals surface area contributed by atoms with Crippen LogP contribution in [0.5, 0.6) is 17.2 Å². The van der Waals surface area contributed by atoms with Crippen LogP contribution in [0.2, 0.25) is 0 Å². The van der Waals surface area contributed by atoms with E-state index in [-0.39, 0.29) is 18.3 Å². The third-order valence-electron chi connectivity index (χ3n) is 6.69. The van der Waals surface area contributed by atoms with E-state index in [0.717, 1.165) is 29.7 Å². The van der Waals surface area contributed by atoms with Gasteiger partial charge in [0.15, 0.2) is 17.6 Å². The van der Waals surface area contributed by atoms with Gasteiger partial charge in [-0.2, -0.15) is 5.10 Å². The average Bonchev–Trinajstić information content (AvgIpc) is 3.32. The van der Waals surface area contributed by atoms with E-state index in [2.05, 4.69) is 22.8 Å². The van der Waals surface area contributed by atoms with Crippen LogP contribution in [0, 0.1) is 5.92 Å². The Kier molecular flexibility index (Phi) is 10.2. The number of carbonyl (C=O) groups is 3.